The van der Waals surface area contributed by atoms with Crippen molar-refractivity contribution in [2.75, 3.05) is 17.8 Å². The Balaban J connectivity index is 2.81. The number of carboxylic acids is 1. The second kappa shape index (κ2) is 6.76. The van der Waals surface area contributed by atoms with E-state index in [9.17, 15) is 13.4 Å². The molecule has 0 aliphatic carbocycles. The molecule has 0 saturated carbocycles. The van der Waals surface area contributed by atoms with Gasteiger partial charge in [-0.25, -0.2) is 9.18 Å². The summed E-state index contributed by atoms with van der Waals surface area (Å²) in [6, 6.07) is 3.56. The van der Waals surface area contributed by atoms with Crippen molar-refractivity contribution >= 4 is 28.5 Å². The molecule has 1 aromatic rings. The number of aromatic carboxylic acids is 1. The maximum atomic E-state index is 13.1. The Morgan fingerprint density at radius 1 is 1.53 bits per heavy atom. The van der Waals surface area contributed by atoms with Gasteiger partial charge in [-0.1, -0.05) is 0 Å². The van der Waals surface area contributed by atoms with Crippen molar-refractivity contribution in [3.8, 4) is 0 Å². The average molecular weight is 276 g/mol. The Morgan fingerprint density at radius 3 is 2.82 bits per heavy atom. The van der Waals surface area contributed by atoms with Crippen LogP contribution < -0.4 is 0 Å². The zero-order chi connectivity index (χ0) is 12.8. The van der Waals surface area contributed by atoms with Crippen LogP contribution in [0.15, 0.2) is 23.1 Å². The van der Waals surface area contributed by atoms with E-state index >= 15 is 0 Å². The number of halogens is 1. The molecule has 0 amide bonds. The molecule has 0 aliphatic heterocycles. The summed E-state index contributed by atoms with van der Waals surface area (Å²) in [5.74, 6) is -0.780. The fourth-order valence-electron chi connectivity index (χ4n) is 1.26. The lowest BCUT2D eigenvalue weighted by Crippen LogP contribution is -2.05. The fraction of sp³-hybridized carbons (Fsp3) is 0.364. The van der Waals surface area contributed by atoms with Crippen LogP contribution in [0.2, 0.25) is 0 Å². The minimum atomic E-state index is -1.34. The number of benzene rings is 1. The van der Waals surface area contributed by atoms with Gasteiger partial charge in [-0.3, -0.25) is 4.21 Å². The van der Waals surface area contributed by atoms with Crippen molar-refractivity contribution in [3.63, 3.8) is 0 Å². The van der Waals surface area contributed by atoms with Gasteiger partial charge in [0, 0.05) is 10.6 Å². The highest BCUT2D eigenvalue weighted by Gasteiger charge is 2.13. The first-order valence-corrected chi connectivity index (χ1v) is 7.67. The third-order valence-electron chi connectivity index (χ3n) is 2.11. The molecule has 6 heteroatoms. The Kier molecular flexibility index (Phi) is 5.64. The molecule has 94 valence electrons. The first-order valence-electron chi connectivity index (χ1n) is 4.96. The van der Waals surface area contributed by atoms with Crippen LogP contribution in [0.5, 0.6) is 0 Å². The van der Waals surface area contributed by atoms with E-state index in [4.69, 9.17) is 5.11 Å². The van der Waals surface area contributed by atoms with Crippen molar-refractivity contribution in [2.45, 2.75) is 11.3 Å². The number of hydrogen-bond acceptors (Lipinski definition) is 3. The van der Waals surface area contributed by atoms with Crippen LogP contribution in [0, 0.1) is 5.82 Å². The van der Waals surface area contributed by atoms with Crippen LogP contribution in [0.3, 0.4) is 0 Å². The molecule has 0 fully saturated rings. The van der Waals surface area contributed by atoms with Crippen molar-refractivity contribution in [2.24, 2.45) is 0 Å². The van der Waals surface area contributed by atoms with Crippen LogP contribution >= 0.6 is 11.8 Å². The lowest BCUT2D eigenvalue weighted by atomic mass is 10.2. The van der Waals surface area contributed by atoms with Crippen molar-refractivity contribution in [1.29, 1.82) is 0 Å². The molecule has 0 heterocycles. The predicted molar refractivity (Wildman–Crippen MR) is 67.6 cm³/mol. The maximum Gasteiger partial charge on any atom is 0.338 e. The summed E-state index contributed by atoms with van der Waals surface area (Å²) < 4.78 is 24.9. The summed E-state index contributed by atoms with van der Waals surface area (Å²) in [7, 11) is -1.26. The topological polar surface area (TPSA) is 54.4 Å². The fourth-order valence-corrected chi connectivity index (χ4v) is 2.99. The van der Waals surface area contributed by atoms with Gasteiger partial charge in [0.2, 0.25) is 0 Å². The standard InChI is InChI=1S/C11H13FO3S2/c1-16-5-2-6-17(15)8-3-4-10(12)9(7-8)11(13)14/h3-4,7H,2,5-6H2,1H3,(H,13,14). The molecule has 0 bridgehead atoms. The molecule has 1 rings (SSSR count). The smallest absolute Gasteiger partial charge is 0.338 e. The molecule has 1 N–H and O–H groups in total. The van der Waals surface area contributed by atoms with E-state index in [0.29, 0.717) is 10.6 Å². The number of carboxylic acid groups (broad SMARTS) is 1. The number of hydrogen-bond donors (Lipinski definition) is 1. The first kappa shape index (κ1) is 14.2. The van der Waals surface area contributed by atoms with Gasteiger partial charge >= 0.3 is 5.97 Å². The van der Waals surface area contributed by atoms with Crippen LogP contribution in [0.4, 0.5) is 4.39 Å². The molecule has 3 nitrogen and oxygen atoms in total. The second-order valence-electron chi connectivity index (χ2n) is 3.34. The second-order valence-corrected chi connectivity index (χ2v) is 5.90. The van der Waals surface area contributed by atoms with Gasteiger partial charge in [0.05, 0.1) is 16.4 Å². The van der Waals surface area contributed by atoms with Gasteiger partial charge in [-0.2, -0.15) is 11.8 Å². The van der Waals surface area contributed by atoms with Gasteiger partial charge in [0.1, 0.15) is 5.82 Å². The molecule has 0 radical (unpaired) electrons. The van der Waals surface area contributed by atoms with Crippen LogP contribution in [0.1, 0.15) is 16.8 Å². The molecule has 0 spiro atoms. The van der Waals surface area contributed by atoms with Crippen molar-refractivity contribution in [3.05, 3.63) is 29.6 Å². The van der Waals surface area contributed by atoms with Gasteiger partial charge in [0.15, 0.2) is 0 Å². The SMILES string of the molecule is CSCCCS(=O)c1ccc(F)c(C(=O)O)c1. The van der Waals surface area contributed by atoms with Crippen LogP contribution in [-0.4, -0.2) is 33.0 Å². The van der Waals surface area contributed by atoms with E-state index in [1.165, 1.54) is 6.07 Å². The van der Waals surface area contributed by atoms with Crippen LogP contribution in [-0.2, 0) is 10.8 Å². The van der Waals surface area contributed by atoms with Crippen LogP contribution in [0.25, 0.3) is 0 Å². The molecule has 17 heavy (non-hydrogen) atoms. The monoisotopic (exact) mass is 276 g/mol. The van der Waals surface area contributed by atoms with Crippen molar-refractivity contribution < 1.29 is 18.5 Å². The predicted octanol–water partition coefficient (Wildman–Crippen LogP) is 2.38. The van der Waals surface area contributed by atoms with Crippen molar-refractivity contribution in [1.82, 2.24) is 0 Å². The third-order valence-corrected chi connectivity index (χ3v) is 4.25. The highest BCUT2D eigenvalue weighted by atomic mass is 32.2. The highest BCUT2D eigenvalue weighted by molar-refractivity contribution is 7.98. The number of thioether (sulfide) groups is 1. The molecular formula is C11H13FO3S2. The van der Waals surface area contributed by atoms with E-state index in [0.717, 1.165) is 24.3 Å². The Labute approximate surface area is 106 Å². The first-order chi connectivity index (χ1) is 8.06. The number of rotatable bonds is 6. The Morgan fingerprint density at radius 2 is 2.24 bits per heavy atom. The normalized spacial score (nSPS) is 12.4. The van der Waals surface area contributed by atoms with Gasteiger partial charge in [-0.15, -0.1) is 0 Å². The summed E-state index contributed by atoms with van der Waals surface area (Å²) in [4.78, 5) is 11.1. The molecule has 1 unspecified atom stereocenters. The van der Waals surface area contributed by atoms with E-state index in [1.54, 1.807) is 11.8 Å². The summed E-state index contributed by atoms with van der Waals surface area (Å²) in [5, 5.41) is 8.74. The summed E-state index contributed by atoms with van der Waals surface area (Å²) >= 11 is 1.66. The largest absolute Gasteiger partial charge is 0.478 e. The number of carbonyl (C=O) groups is 1. The lowest BCUT2D eigenvalue weighted by Gasteiger charge is -2.04. The van der Waals surface area contributed by atoms with E-state index < -0.39 is 28.1 Å². The molecule has 0 aromatic heterocycles. The third kappa shape index (κ3) is 4.12. The molecule has 0 saturated heterocycles. The maximum absolute atomic E-state index is 13.1. The minimum absolute atomic E-state index is 0.366. The minimum Gasteiger partial charge on any atom is -0.478 e. The van der Waals surface area contributed by atoms with Gasteiger partial charge < -0.3 is 5.11 Å². The van der Waals surface area contributed by atoms with E-state index in [1.807, 2.05) is 6.26 Å². The molecule has 1 atom stereocenters. The molecule has 1 aromatic carbocycles. The highest BCUT2D eigenvalue weighted by Crippen LogP contribution is 2.15. The average Bonchev–Trinajstić information content (AvgIpc) is 2.29. The van der Waals surface area contributed by atoms with E-state index in [-0.39, 0.29) is 0 Å². The summed E-state index contributed by atoms with van der Waals surface area (Å²) in [6.07, 6.45) is 2.75. The molecular weight excluding hydrogens is 263 g/mol. The van der Waals surface area contributed by atoms with E-state index in [2.05, 4.69) is 0 Å². The van der Waals surface area contributed by atoms with Gasteiger partial charge in [0.25, 0.3) is 0 Å². The Bertz CT molecular complexity index is 435. The summed E-state index contributed by atoms with van der Waals surface area (Å²) in [5.41, 5.74) is -0.430. The quantitative estimate of drug-likeness (QED) is 0.811. The zero-order valence-electron chi connectivity index (χ0n) is 9.31. The lowest BCUT2D eigenvalue weighted by molar-refractivity contribution is 0.0691. The van der Waals surface area contributed by atoms with Gasteiger partial charge in [-0.05, 0) is 36.6 Å². The Hall–Kier alpha value is -0.880. The zero-order valence-corrected chi connectivity index (χ0v) is 10.9. The summed E-state index contributed by atoms with van der Waals surface area (Å²) in [6.45, 7) is 0. The molecule has 0 aliphatic rings.